The van der Waals surface area contributed by atoms with Crippen molar-refractivity contribution in [3.05, 3.63) is 0 Å². The molecular formula is C7H14O7. The van der Waals surface area contributed by atoms with E-state index in [9.17, 15) is 0 Å². The van der Waals surface area contributed by atoms with Crippen molar-refractivity contribution >= 4 is 11.9 Å². The van der Waals surface area contributed by atoms with Crippen LogP contribution in [0.1, 0.15) is 6.92 Å². The summed E-state index contributed by atoms with van der Waals surface area (Å²) < 4.78 is 0. The lowest BCUT2D eigenvalue weighted by molar-refractivity contribution is -0.159. The Hall–Kier alpha value is -1.18. The van der Waals surface area contributed by atoms with Crippen LogP contribution in [0.15, 0.2) is 0 Å². The van der Waals surface area contributed by atoms with Crippen molar-refractivity contribution < 1.29 is 35.1 Å². The van der Waals surface area contributed by atoms with Crippen molar-refractivity contribution in [1.29, 1.82) is 0 Å². The molecule has 0 aliphatic rings. The van der Waals surface area contributed by atoms with Crippen LogP contribution in [0.2, 0.25) is 0 Å². The molecule has 0 bridgehead atoms. The molecule has 14 heavy (non-hydrogen) atoms. The zero-order chi connectivity index (χ0) is 11.8. The molecule has 0 aromatic heterocycles. The van der Waals surface area contributed by atoms with Gasteiger partial charge in [0, 0.05) is 5.41 Å². The van der Waals surface area contributed by atoms with Crippen LogP contribution in [0.3, 0.4) is 0 Å². The van der Waals surface area contributed by atoms with Gasteiger partial charge in [-0.25, -0.2) is 9.59 Å². The molecule has 0 radical (unpaired) electrons. The number of hydrogen-bond acceptors (Lipinski definition) is 5. The van der Waals surface area contributed by atoms with Gasteiger partial charge in [-0.1, -0.05) is 6.92 Å². The molecule has 0 saturated carbocycles. The molecule has 0 aliphatic heterocycles. The fourth-order valence-electron chi connectivity index (χ4n) is 0.150. The fourth-order valence-corrected chi connectivity index (χ4v) is 0.150. The fraction of sp³-hybridized carbons (Fsp3) is 0.714. The molecule has 0 aromatic carbocycles. The summed E-state index contributed by atoms with van der Waals surface area (Å²) in [6.07, 6.45) is 0. The highest BCUT2D eigenvalue weighted by atomic mass is 16.4. The molecule has 0 unspecified atom stereocenters. The first-order valence-electron chi connectivity index (χ1n) is 3.61. The van der Waals surface area contributed by atoms with Crippen molar-refractivity contribution in [2.24, 2.45) is 5.41 Å². The van der Waals surface area contributed by atoms with Crippen LogP contribution in [0.4, 0.5) is 0 Å². The number of aliphatic carboxylic acids is 2. The van der Waals surface area contributed by atoms with Crippen LogP contribution >= 0.6 is 0 Å². The Morgan fingerprint density at radius 2 is 1.14 bits per heavy atom. The van der Waals surface area contributed by atoms with Crippen LogP contribution in [-0.2, 0) is 9.59 Å². The predicted octanol–water partition coefficient (Wildman–Crippen LogP) is -1.87. The third-order valence-corrected chi connectivity index (χ3v) is 1.33. The predicted molar refractivity (Wildman–Crippen MR) is 44.6 cm³/mol. The normalized spacial score (nSPS) is 10.0. The maximum atomic E-state index is 9.10. The Bertz CT molecular complexity index is 164. The molecule has 7 nitrogen and oxygen atoms in total. The van der Waals surface area contributed by atoms with Gasteiger partial charge in [-0.05, 0) is 0 Å². The van der Waals surface area contributed by atoms with Crippen LogP contribution in [-0.4, -0.2) is 57.3 Å². The number of carboxylic acids is 2. The summed E-state index contributed by atoms with van der Waals surface area (Å²) in [5.41, 5.74) is -0.708. The number of rotatable bonds is 3. The number of aliphatic hydroxyl groups is 3. The Kier molecular flexibility index (Phi) is 7.92. The molecule has 5 N–H and O–H groups in total. The van der Waals surface area contributed by atoms with Gasteiger partial charge in [0.1, 0.15) is 0 Å². The van der Waals surface area contributed by atoms with E-state index in [4.69, 9.17) is 35.1 Å². The van der Waals surface area contributed by atoms with E-state index < -0.39 is 17.4 Å². The highest BCUT2D eigenvalue weighted by molar-refractivity contribution is 6.27. The highest BCUT2D eigenvalue weighted by Crippen LogP contribution is 2.10. The molecule has 0 rings (SSSR count). The zero-order valence-corrected chi connectivity index (χ0v) is 7.67. The van der Waals surface area contributed by atoms with Gasteiger partial charge in [-0.3, -0.25) is 0 Å². The first-order valence-corrected chi connectivity index (χ1v) is 3.61. The second kappa shape index (κ2) is 7.25. The Balaban J connectivity index is 0. The summed E-state index contributed by atoms with van der Waals surface area (Å²) in [7, 11) is 0. The lowest BCUT2D eigenvalue weighted by Gasteiger charge is -2.20. The Labute approximate surface area is 80.2 Å². The minimum atomic E-state index is -1.82. The molecule has 0 atom stereocenters. The van der Waals surface area contributed by atoms with E-state index in [0.29, 0.717) is 0 Å². The van der Waals surface area contributed by atoms with Crippen molar-refractivity contribution in [1.82, 2.24) is 0 Å². The maximum absolute atomic E-state index is 9.10. The third-order valence-electron chi connectivity index (χ3n) is 1.33. The van der Waals surface area contributed by atoms with E-state index >= 15 is 0 Å². The molecule has 0 aromatic rings. The molecule has 84 valence electrons. The molecule has 0 fully saturated rings. The lowest BCUT2D eigenvalue weighted by atomic mass is 9.95. The van der Waals surface area contributed by atoms with E-state index in [-0.39, 0.29) is 19.8 Å². The van der Waals surface area contributed by atoms with Crippen LogP contribution in [0.5, 0.6) is 0 Å². The van der Waals surface area contributed by atoms with Crippen molar-refractivity contribution in [3.63, 3.8) is 0 Å². The average molecular weight is 210 g/mol. The number of hydrogen-bond donors (Lipinski definition) is 5. The minimum Gasteiger partial charge on any atom is -0.473 e. The third kappa shape index (κ3) is 7.47. The van der Waals surface area contributed by atoms with Gasteiger partial charge in [0.15, 0.2) is 0 Å². The smallest absolute Gasteiger partial charge is 0.414 e. The van der Waals surface area contributed by atoms with Crippen molar-refractivity contribution in [2.75, 3.05) is 19.8 Å². The molecule has 0 spiro atoms. The quantitative estimate of drug-likeness (QED) is 0.344. The summed E-state index contributed by atoms with van der Waals surface area (Å²) in [6, 6.07) is 0. The molecule has 0 saturated heterocycles. The van der Waals surface area contributed by atoms with Crippen molar-refractivity contribution in [2.45, 2.75) is 6.92 Å². The first kappa shape index (κ1) is 15.3. The number of carboxylic acid groups (broad SMARTS) is 2. The molecule has 0 amide bonds. The summed E-state index contributed by atoms with van der Waals surface area (Å²) in [5, 5.41) is 40.2. The summed E-state index contributed by atoms with van der Waals surface area (Å²) in [5.74, 6) is -3.65. The van der Waals surface area contributed by atoms with Gasteiger partial charge in [0.05, 0.1) is 19.8 Å². The zero-order valence-electron chi connectivity index (χ0n) is 7.67. The van der Waals surface area contributed by atoms with Gasteiger partial charge in [-0.2, -0.15) is 0 Å². The Morgan fingerprint density at radius 1 is 0.929 bits per heavy atom. The largest absolute Gasteiger partial charge is 0.473 e. The monoisotopic (exact) mass is 210 g/mol. The standard InChI is InChI=1S/C5H12O3.C2H2O4/c1-5(2-6,3-7)4-8;3-1(4)2(5)6/h6-8H,2-4H2,1H3;(H,3,4)(H,5,6). The number of carbonyl (C=O) groups is 2. The molecule has 0 heterocycles. The summed E-state index contributed by atoms with van der Waals surface area (Å²) in [6.45, 7) is 1.06. The minimum absolute atomic E-state index is 0.181. The van der Waals surface area contributed by atoms with Gasteiger partial charge >= 0.3 is 11.9 Å². The van der Waals surface area contributed by atoms with Gasteiger partial charge in [0.25, 0.3) is 0 Å². The van der Waals surface area contributed by atoms with E-state index in [1.54, 1.807) is 6.92 Å². The number of aliphatic hydroxyl groups excluding tert-OH is 3. The highest BCUT2D eigenvalue weighted by Gasteiger charge is 2.20. The molecule has 7 heteroatoms. The summed E-state index contributed by atoms with van der Waals surface area (Å²) in [4.78, 5) is 18.2. The van der Waals surface area contributed by atoms with Gasteiger partial charge in [0.2, 0.25) is 0 Å². The van der Waals surface area contributed by atoms with E-state index in [2.05, 4.69) is 0 Å². The van der Waals surface area contributed by atoms with E-state index in [1.807, 2.05) is 0 Å². The lowest BCUT2D eigenvalue weighted by Crippen LogP contribution is -2.29. The van der Waals surface area contributed by atoms with Crippen molar-refractivity contribution in [3.8, 4) is 0 Å². The van der Waals surface area contributed by atoms with E-state index in [0.717, 1.165) is 0 Å². The topological polar surface area (TPSA) is 135 Å². The van der Waals surface area contributed by atoms with Crippen LogP contribution in [0.25, 0.3) is 0 Å². The van der Waals surface area contributed by atoms with Gasteiger partial charge < -0.3 is 25.5 Å². The Morgan fingerprint density at radius 3 is 1.14 bits per heavy atom. The second-order valence-corrected chi connectivity index (χ2v) is 2.90. The first-order chi connectivity index (χ1) is 6.32. The summed E-state index contributed by atoms with van der Waals surface area (Å²) >= 11 is 0. The maximum Gasteiger partial charge on any atom is 0.414 e. The van der Waals surface area contributed by atoms with E-state index in [1.165, 1.54) is 0 Å². The molecular weight excluding hydrogens is 196 g/mol. The SMILES string of the molecule is CC(CO)(CO)CO.O=C(O)C(=O)O. The van der Waals surface area contributed by atoms with Gasteiger partial charge in [-0.15, -0.1) is 0 Å². The van der Waals surface area contributed by atoms with Crippen LogP contribution < -0.4 is 0 Å². The second-order valence-electron chi connectivity index (χ2n) is 2.90. The molecule has 0 aliphatic carbocycles. The van der Waals surface area contributed by atoms with Crippen LogP contribution in [0, 0.1) is 5.41 Å². The average Bonchev–Trinajstić information content (AvgIpc) is 2.17.